The zero-order valence-electron chi connectivity index (χ0n) is 10.5. The molecule has 16 heavy (non-hydrogen) atoms. The molecule has 1 aliphatic heterocycles. The van der Waals surface area contributed by atoms with Gasteiger partial charge in [0, 0.05) is 19.0 Å². The number of carbonyl (C=O) groups excluding carboxylic acids is 1. The predicted molar refractivity (Wildman–Crippen MR) is 64.4 cm³/mol. The number of piperidine rings is 1. The number of esters is 1. The topological polar surface area (TPSA) is 41.6 Å². The van der Waals surface area contributed by atoms with Gasteiger partial charge in [-0.3, -0.25) is 9.69 Å². The van der Waals surface area contributed by atoms with Gasteiger partial charge in [0.05, 0.1) is 7.11 Å². The van der Waals surface area contributed by atoms with E-state index in [1.165, 1.54) is 32.9 Å². The molecule has 0 saturated carbocycles. The second kappa shape index (κ2) is 7.63. The van der Waals surface area contributed by atoms with Crippen LogP contribution in [0.1, 0.15) is 32.1 Å². The first kappa shape index (κ1) is 13.5. The van der Waals surface area contributed by atoms with Gasteiger partial charge in [0.15, 0.2) is 0 Å². The number of likely N-dealkylation sites (tertiary alicyclic amines) is 1. The highest BCUT2D eigenvalue weighted by Gasteiger charge is 2.21. The fourth-order valence-corrected chi connectivity index (χ4v) is 2.35. The smallest absolute Gasteiger partial charge is 0.305 e. The van der Waals surface area contributed by atoms with E-state index in [4.69, 9.17) is 0 Å². The minimum absolute atomic E-state index is 0.0952. The summed E-state index contributed by atoms with van der Waals surface area (Å²) in [6.45, 7) is 3.24. The van der Waals surface area contributed by atoms with Gasteiger partial charge < -0.3 is 10.1 Å². The Morgan fingerprint density at radius 2 is 2.31 bits per heavy atom. The lowest BCUT2D eigenvalue weighted by Crippen LogP contribution is -2.45. The molecule has 94 valence electrons. The molecular formula is C12H24N2O2. The first-order valence-corrected chi connectivity index (χ1v) is 6.23. The molecule has 0 aliphatic carbocycles. The molecule has 4 heteroatoms. The molecule has 1 saturated heterocycles. The average molecular weight is 228 g/mol. The molecule has 0 aromatic carbocycles. The van der Waals surface area contributed by atoms with Gasteiger partial charge in [0.25, 0.3) is 0 Å². The zero-order valence-corrected chi connectivity index (χ0v) is 10.5. The van der Waals surface area contributed by atoms with Crippen LogP contribution in [-0.2, 0) is 9.53 Å². The molecule has 1 unspecified atom stereocenters. The van der Waals surface area contributed by atoms with Gasteiger partial charge in [-0.05, 0) is 39.4 Å². The maximum Gasteiger partial charge on any atom is 0.305 e. The average Bonchev–Trinajstić information content (AvgIpc) is 2.31. The molecule has 0 bridgehead atoms. The van der Waals surface area contributed by atoms with Crippen molar-refractivity contribution in [1.29, 1.82) is 0 Å². The van der Waals surface area contributed by atoms with E-state index in [9.17, 15) is 4.79 Å². The number of hydrogen-bond donors (Lipinski definition) is 1. The lowest BCUT2D eigenvalue weighted by molar-refractivity contribution is -0.140. The van der Waals surface area contributed by atoms with Crippen LogP contribution in [0.25, 0.3) is 0 Å². The van der Waals surface area contributed by atoms with Crippen LogP contribution in [0, 0.1) is 0 Å². The number of nitrogens with one attached hydrogen (secondary N) is 1. The lowest BCUT2D eigenvalue weighted by atomic mass is 10.0. The zero-order chi connectivity index (χ0) is 11.8. The van der Waals surface area contributed by atoms with Crippen molar-refractivity contribution in [2.45, 2.75) is 38.1 Å². The third-order valence-corrected chi connectivity index (χ3v) is 3.24. The maximum atomic E-state index is 11.0. The normalized spacial score (nSPS) is 22.0. The predicted octanol–water partition coefficient (Wildman–Crippen LogP) is 1.01. The van der Waals surface area contributed by atoms with E-state index in [-0.39, 0.29) is 5.97 Å². The Morgan fingerprint density at radius 3 is 3.00 bits per heavy atom. The van der Waals surface area contributed by atoms with Crippen molar-refractivity contribution in [3.05, 3.63) is 0 Å². The molecule has 4 nitrogen and oxygen atoms in total. The summed E-state index contributed by atoms with van der Waals surface area (Å²) in [5.74, 6) is -0.0952. The van der Waals surface area contributed by atoms with Crippen LogP contribution in [0.2, 0.25) is 0 Å². The summed E-state index contributed by atoms with van der Waals surface area (Å²) in [5.41, 5.74) is 0. The van der Waals surface area contributed by atoms with Crippen molar-refractivity contribution in [3.8, 4) is 0 Å². The largest absolute Gasteiger partial charge is 0.469 e. The van der Waals surface area contributed by atoms with Gasteiger partial charge >= 0.3 is 5.97 Å². The first-order valence-electron chi connectivity index (χ1n) is 6.23. The minimum Gasteiger partial charge on any atom is -0.469 e. The van der Waals surface area contributed by atoms with E-state index < -0.39 is 0 Å². The Balaban J connectivity index is 2.24. The van der Waals surface area contributed by atoms with Crippen molar-refractivity contribution < 1.29 is 9.53 Å². The molecule has 1 rings (SSSR count). The van der Waals surface area contributed by atoms with Crippen LogP contribution in [0.3, 0.4) is 0 Å². The fourth-order valence-electron chi connectivity index (χ4n) is 2.35. The molecule has 0 radical (unpaired) electrons. The van der Waals surface area contributed by atoms with Crippen molar-refractivity contribution in [3.63, 3.8) is 0 Å². The SMILES string of the molecule is CNCC1CCCCN1CCCC(=O)OC. The molecule has 1 fully saturated rings. The van der Waals surface area contributed by atoms with Gasteiger partial charge in [-0.15, -0.1) is 0 Å². The summed E-state index contributed by atoms with van der Waals surface area (Å²) in [6.07, 6.45) is 5.35. The van der Waals surface area contributed by atoms with Crippen molar-refractivity contribution in [1.82, 2.24) is 10.2 Å². The lowest BCUT2D eigenvalue weighted by Gasteiger charge is -2.35. The van der Waals surface area contributed by atoms with Crippen molar-refractivity contribution in [2.75, 3.05) is 33.8 Å². The first-order chi connectivity index (χ1) is 7.77. The fraction of sp³-hybridized carbons (Fsp3) is 0.917. The van der Waals surface area contributed by atoms with Crippen molar-refractivity contribution in [2.24, 2.45) is 0 Å². The number of nitrogens with zero attached hydrogens (tertiary/aromatic N) is 1. The molecule has 0 aromatic rings. The van der Waals surface area contributed by atoms with E-state index in [1.54, 1.807) is 0 Å². The molecule has 0 spiro atoms. The molecular weight excluding hydrogens is 204 g/mol. The van der Waals surface area contributed by atoms with Crippen LogP contribution in [0.5, 0.6) is 0 Å². The Labute approximate surface area is 98.3 Å². The quantitative estimate of drug-likeness (QED) is 0.689. The van der Waals surface area contributed by atoms with Crippen LogP contribution in [-0.4, -0.2) is 50.7 Å². The van der Waals surface area contributed by atoms with Crippen LogP contribution in [0.4, 0.5) is 0 Å². The minimum atomic E-state index is -0.0952. The van der Waals surface area contributed by atoms with Crippen LogP contribution < -0.4 is 5.32 Å². The van der Waals surface area contributed by atoms with Crippen molar-refractivity contribution >= 4 is 5.97 Å². The van der Waals surface area contributed by atoms with Crippen LogP contribution in [0.15, 0.2) is 0 Å². The van der Waals surface area contributed by atoms with Crippen LogP contribution >= 0.6 is 0 Å². The highest BCUT2D eigenvalue weighted by atomic mass is 16.5. The second-order valence-electron chi connectivity index (χ2n) is 4.42. The van der Waals surface area contributed by atoms with E-state index >= 15 is 0 Å². The third kappa shape index (κ3) is 4.49. The maximum absolute atomic E-state index is 11.0. The molecule has 1 heterocycles. The molecule has 1 aliphatic rings. The number of likely N-dealkylation sites (N-methyl/N-ethyl adjacent to an activating group) is 1. The molecule has 1 atom stereocenters. The molecule has 0 aromatic heterocycles. The van der Waals surface area contributed by atoms with E-state index in [0.717, 1.165) is 19.5 Å². The van der Waals surface area contributed by atoms with Gasteiger partial charge in [-0.2, -0.15) is 0 Å². The number of ether oxygens (including phenoxy) is 1. The van der Waals surface area contributed by atoms with Gasteiger partial charge in [-0.1, -0.05) is 6.42 Å². The molecule has 0 amide bonds. The summed E-state index contributed by atoms with van der Waals surface area (Å²) < 4.78 is 4.64. The number of rotatable bonds is 6. The summed E-state index contributed by atoms with van der Waals surface area (Å²) in [4.78, 5) is 13.5. The Kier molecular flexibility index (Phi) is 6.42. The summed E-state index contributed by atoms with van der Waals surface area (Å²) in [6, 6.07) is 0.649. The van der Waals surface area contributed by atoms with Gasteiger partial charge in [-0.25, -0.2) is 0 Å². The Hall–Kier alpha value is -0.610. The third-order valence-electron chi connectivity index (χ3n) is 3.24. The number of carbonyl (C=O) groups is 1. The van der Waals surface area contributed by atoms with Gasteiger partial charge in [0.1, 0.15) is 0 Å². The number of methoxy groups -OCH3 is 1. The standard InChI is InChI=1S/C12H24N2O2/c1-13-10-11-6-3-4-8-14(11)9-5-7-12(15)16-2/h11,13H,3-10H2,1-2H3. The highest BCUT2D eigenvalue weighted by molar-refractivity contribution is 5.69. The summed E-state index contributed by atoms with van der Waals surface area (Å²) in [7, 11) is 3.45. The molecule has 1 N–H and O–H groups in total. The van der Waals surface area contributed by atoms with Gasteiger partial charge in [0.2, 0.25) is 0 Å². The van der Waals surface area contributed by atoms with E-state index in [2.05, 4.69) is 15.0 Å². The monoisotopic (exact) mass is 228 g/mol. The van der Waals surface area contributed by atoms with E-state index in [1.807, 2.05) is 7.05 Å². The highest BCUT2D eigenvalue weighted by Crippen LogP contribution is 2.16. The Bertz CT molecular complexity index is 207. The second-order valence-corrected chi connectivity index (χ2v) is 4.42. The summed E-state index contributed by atoms with van der Waals surface area (Å²) in [5, 5.41) is 3.24. The van der Waals surface area contributed by atoms with E-state index in [0.29, 0.717) is 12.5 Å². The Morgan fingerprint density at radius 1 is 1.50 bits per heavy atom. The summed E-state index contributed by atoms with van der Waals surface area (Å²) >= 11 is 0. The number of hydrogen-bond acceptors (Lipinski definition) is 4.